The first kappa shape index (κ1) is 41.9. The number of allylic oxidation sites excluding steroid dienone is 2. The maximum Gasteiger partial charge on any atom is 0.312 e. The minimum Gasteiger partial charge on any atom is -0.469 e. The lowest BCUT2D eigenvalue weighted by Crippen LogP contribution is -2.67. The van der Waals surface area contributed by atoms with Crippen LogP contribution in [-0.4, -0.2) is 130 Å². The van der Waals surface area contributed by atoms with Crippen molar-refractivity contribution in [1.29, 1.82) is 0 Å². The molecule has 2 heterocycles. The zero-order valence-electron chi connectivity index (χ0n) is 33.9. The molecule has 0 unspecified atom stereocenters. The second-order valence-electron chi connectivity index (χ2n) is 20.2. The largest absolute Gasteiger partial charge is 0.469 e. The molecule has 18 atom stereocenters. The van der Waals surface area contributed by atoms with E-state index in [1.165, 1.54) is 12.7 Å². The van der Waals surface area contributed by atoms with Crippen molar-refractivity contribution in [3.05, 3.63) is 11.6 Å². The van der Waals surface area contributed by atoms with Gasteiger partial charge in [0, 0.05) is 5.41 Å². The predicted octanol–water partition coefficient (Wildman–Crippen LogP) is 2.58. The van der Waals surface area contributed by atoms with Crippen molar-refractivity contribution in [2.45, 2.75) is 167 Å². The van der Waals surface area contributed by atoms with Crippen LogP contribution < -0.4 is 0 Å². The molecule has 0 bridgehead atoms. The molecule has 0 spiro atoms. The lowest BCUT2D eigenvalue weighted by atomic mass is 9.33. The van der Waals surface area contributed by atoms with E-state index in [9.17, 15) is 40.5 Å². The molecule has 7 rings (SSSR count). The molecule has 2 aliphatic heterocycles. The molecular formula is C42H68O13. The summed E-state index contributed by atoms with van der Waals surface area (Å²) in [7, 11) is 1.54. The number of hydrogen-bond acceptors (Lipinski definition) is 13. The SMILES string of the molecule is COC(=O)[C@]12CCC(C)(C)C[C@H]1C1=CC[C@@H]3[C@@]4(C)CC[C@H](O[C@@H]5OC[C@H](O)[C@H](O[C@@H]6O[C@H](CO)[C@@H](O)[C@H](O)[C@H]6O)[C@H]5O)[C@@](C)(CO)[C@@H]4CC[C@@]3(C)[C@]1(C)CC2. The highest BCUT2D eigenvalue weighted by Crippen LogP contribution is 2.76. The van der Waals surface area contributed by atoms with Gasteiger partial charge in [0.25, 0.3) is 0 Å². The Morgan fingerprint density at radius 3 is 2.20 bits per heavy atom. The molecule has 13 heteroatoms. The fraction of sp³-hybridized carbons (Fsp3) is 0.929. The lowest BCUT2D eigenvalue weighted by molar-refractivity contribution is -0.358. The number of fused-ring (bicyclic) bond motifs is 7. The Kier molecular flexibility index (Phi) is 11.0. The van der Waals surface area contributed by atoms with Crippen molar-refractivity contribution < 1.29 is 64.2 Å². The highest BCUT2D eigenvalue weighted by molar-refractivity contribution is 5.78. The second kappa shape index (κ2) is 14.5. The average molecular weight is 781 g/mol. The highest BCUT2D eigenvalue weighted by Gasteiger charge is 2.70. The molecule has 0 amide bonds. The van der Waals surface area contributed by atoms with Crippen LogP contribution in [0, 0.1) is 50.2 Å². The Bertz CT molecular complexity index is 1470. The molecule has 13 nitrogen and oxygen atoms in total. The number of esters is 1. The van der Waals surface area contributed by atoms with Gasteiger partial charge in [0.15, 0.2) is 12.6 Å². The van der Waals surface area contributed by atoms with Crippen molar-refractivity contribution in [2.75, 3.05) is 26.9 Å². The van der Waals surface area contributed by atoms with Gasteiger partial charge in [-0.15, -0.1) is 0 Å². The van der Waals surface area contributed by atoms with E-state index in [4.69, 9.17) is 23.7 Å². The number of ether oxygens (including phenoxy) is 5. The molecule has 314 valence electrons. The summed E-state index contributed by atoms with van der Waals surface area (Å²) < 4.78 is 29.3. The second-order valence-corrected chi connectivity index (χ2v) is 20.2. The van der Waals surface area contributed by atoms with Crippen molar-refractivity contribution in [3.8, 4) is 0 Å². The monoisotopic (exact) mass is 780 g/mol. The van der Waals surface area contributed by atoms with Crippen LogP contribution in [0.25, 0.3) is 0 Å². The molecule has 55 heavy (non-hydrogen) atoms. The zero-order valence-corrected chi connectivity index (χ0v) is 33.9. The fourth-order valence-corrected chi connectivity index (χ4v) is 13.6. The van der Waals surface area contributed by atoms with Crippen molar-refractivity contribution >= 4 is 5.97 Å². The Morgan fingerprint density at radius 1 is 0.818 bits per heavy atom. The number of rotatable bonds is 7. The minimum atomic E-state index is -1.71. The summed E-state index contributed by atoms with van der Waals surface area (Å²) in [5.74, 6) is 0.541. The van der Waals surface area contributed by atoms with E-state index in [1.54, 1.807) is 0 Å². The first-order valence-corrected chi connectivity index (χ1v) is 20.8. The van der Waals surface area contributed by atoms with Crippen molar-refractivity contribution in [1.82, 2.24) is 0 Å². The number of aliphatic hydroxyl groups is 7. The molecule has 0 radical (unpaired) electrons. The van der Waals surface area contributed by atoms with Crippen LogP contribution >= 0.6 is 0 Å². The van der Waals surface area contributed by atoms with E-state index in [2.05, 4.69) is 47.6 Å². The summed E-state index contributed by atoms with van der Waals surface area (Å²) in [5.41, 5.74) is 0.213. The molecule has 4 saturated carbocycles. The van der Waals surface area contributed by atoms with E-state index in [-0.39, 0.29) is 52.7 Å². The summed E-state index contributed by atoms with van der Waals surface area (Å²) in [6, 6.07) is 0. The number of aliphatic hydroxyl groups excluding tert-OH is 7. The van der Waals surface area contributed by atoms with Crippen molar-refractivity contribution in [2.24, 2.45) is 50.2 Å². The maximum absolute atomic E-state index is 13.6. The first-order chi connectivity index (χ1) is 25.8. The topological polar surface area (TPSA) is 205 Å². The summed E-state index contributed by atoms with van der Waals surface area (Å²) in [5, 5.41) is 74.2. The lowest BCUT2D eigenvalue weighted by Gasteiger charge is -2.71. The van der Waals surface area contributed by atoms with Gasteiger partial charge in [0.1, 0.15) is 42.7 Å². The van der Waals surface area contributed by atoms with E-state index in [0.717, 1.165) is 57.8 Å². The normalized spacial score (nSPS) is 53.5. The van der Waals surface area contributed by atoms with Gasteiger partial charge >= 0.3 is 5.97 Å². The van der Waals surface area contributed by atoms with Crippen LogP contribution in [0.15, 0.2) is 11.6 Å². The minimum absolute atomic E-state index is 0.0238. The molecule has 0 aromatic heterocycles. The van der Waals surface area contributed by atoms with Crippen LogP contribution in [0.4, 0.5) is 0 Å². The van der Waals surface area contributed by atoms with Gasteiger partial charge in [-0.05, 0) is 104 Å². The van der Waals surface area contributed by atoms with Gasteiger partial charge in [-0.3, -0.25) is 4.79 Å². The smallest absolute Gasteiger partial charge is 0.312 e. The van der Waals surface area contributed by atoms with E-state index in [0.29, 0.717) is 12.3 Å². The molecule has 7 N–H and O–H groups in total. The van der Waals surface area contributed by atoms with Crippen LogP contribution in [0.5, 0.6) is 0 Å². The van der Waals surface area contributed by atoms with E-state index in [1.807, 2.05) is 0 Å². The number of hydrogen-bond donors (Lipinski definition) is 7. The van der Waals surface area contributed by atoms with Crippen LogP contribution in [-0.2, 0) is 28.5 Å². The molecule has 0 aromatic carbocycles. The van der Waals surface area contributed by atoms with Gasteiger partial charge in [0.05, 0.1) is 38.4 Å². The number of carbonyl (C=O) groups is 1. The van der Waals surface area contributed by atoms with E-state index >= 15 is 0 Å². The van der Waals surface area contributed by atoms with Gasteiger partial charge in [-0.1, -0.05) is 53.2 Å². The van der Waals surface area contributed by atoms with Crippen LogP contribution in [0.3, 0.4) is 0 Å². The molecule has 7 aliphatic rings. The van der Waals surface area contributed by atoms with Gasteiger partial charge in [-0.2, -0.15) is 0 Å². The first-order valence-electron chi connectivity index (χ1n) is 20.8. The Morgan fingerprint density at radius 2 is 1.53 bits per heavy atom. The zero-order chi connectivity index (χ0) is 40.1. The third-order valence-corrected chi connectivity index (χ3v) is 17.2. The summed E-state index contributed by atoms with van der Waals surface area (Å²) in [6.45, 7) is 13.1. The third kappa shape index (κ3) is 6.23. The molecule has 6 fully saturated rings. The van der Waals surface area contributed by atoms with E-state index < -0.39 is 78.8 Å². The maximum atomic E-state index is 13.6. The highest BCUT2D eigenvalue weighted by atomic mass is 16.7. The summed E-state index contributed by atoms with van der Waals surface area (Å²) in [6.07, 6.45) is -2.34. The molecule has 2 saturated heterocycles. The standard InChI is InChI=1S/C42H68O13/c1-37(2)14-16-42(36(50)51-7)17-15-40(5)22(23(42)18-37)8-9-27-38(3)12-11-28(39(4,21-44)26(38)10-13-41(27,40)6)54-34-32(49)33(24(45)20-52-34)55-35-31(48)30(47)29(46)25(19-43)53-35/h8,23-35,43-49H,9-21H2,1-7H3/t23-,24-,25+,26+,27+,28-,29+,30-,31+,32+,33-,34-,35-,38-,39-,40+,41+,42-/m0/s1. The summed E-state index contributed by atoms with van der Waals surface area (Å²) >= 11 is 0. The molecular weight excluding hydrogens is 712 g/mol. The average Bonchev–Trinajstić information content (AvgIpc) is 3.15. The van der Waals surface area contributed by atoms with Gasteiger partial charge in [0.2, 0.25) is 0 Å². The van der Waals surface area contributed by atoms with Gasteiger partial charge < -0.3 is 59.4 Å². The Balaban J connectivity index is 1.12. The van der Waals surface area contributed by atoms with Gasteiger partial charge in [-0.25, -0.2) is 0 Å². The third-order valence-electron chi connectivity index (χ3n) is 17.2. The molecule has 5 aliphatic carbocycles. The predicted molar refractivity (Wildman–Crippen MR) is 198 cm³/mol. The molecule has 0 aromatic rings. The Labute approximate surface area is 325 Å². The van der Waals surface area contributed by atoms with Crippen molar-refractivity contribution in [3.63, 3.8) is 0 Å². The van der Waals surface area contributed by atoms with Crippen LogP contribution in [0.1, 0.15) is 106 Å². The van der Waals surface area contributed by atoms with Crippen LogP contribution in [0.2, 0.25) is 0 Å². The number of methoxy groups -OCH3 is 1. The quantitative estimate of drug-likeness (QED) is 0.113. The number of carbonyl (C=O) groups excluding carboxylic acids is 1. The Hall–Kier alpha value is -1.23. The summed E-state index contributed by atoms with van der Waals surface area (Å²) in [4.78, 5) is 13.6. The fourth-order valence-electron chi connectivity index (χ4n) is 13.6.